The fourth-order valence-electron chi connectivity index (χ4n) is 4.26. The topological polar surface area (TPSA) is 45.9 Å². The molecule has 1 amide bonds. The molecule has 3 saturated heterocycles. The number of nitrogens with zero attached hydrogens (tertiary/aromatic N) is 2. The van der Waals surface area contributed by atoms with Crippen LogP contribution in [0.25, 0.3) is 0 Å². The van der Waals surface area contributed by atoms with Crippen molar-refractivity contribution in [1.82, 2.24) is 9.80 Å². The van der Waals surface area contributed by atoms with E-state index in [-0.39, 0.29) is 17.8 Å². The zero-order chi connectivity index (χ0) is 18.8. The van der Waals surface area contributed by atoms with E-state index in [9.17, 15) is 9.18 Å². The van der Waals surface area contributed by atoms with Gasteiger partial charge in [0, 0.05) is 39.3 Å². The first-order valence-corrected chi connectivity index (χ1v) is 9.48. The number of hydrogen-bond acceptors (Lipinski definition) is 4. The van der Waals surface area contributed by atoms with Crippen LogP contribution < -0.4 is 0 Å². The zero-order valence-corrected chi connectivity index (χ0v) is 15.6. The maximum Gasteiger partial charge on any atom is 0.289 e. The minimum Gasteiger partial charge on any atom is -0.453 e. The summed E-state index contributed by atoms with van der Waals surface area (Å²) in [5.74, 6) is 1.27. The normalized spacial score (nSPS) is 22.8. The molecule has 1 aromatic carbocycles. The molecule has 0 saturated carbocycles. The van der Waals surface area contributed by atoms with Crippen molar-refractivity contribution in [3.05, 3.63) is 59.3 Å². The number of carbonyl (C=O) groups excluding carboxylic acids is 1. The number of piperidine rings is 1. The van der Waals surface area contributed by atoms with E-state index in [0.717, 1.165) is 44.6 Å². The first kappa shape index (κ1) is 18.2. The van der Waals surface area contributed by atoms with Crippen LogP contribution >= 0.6 is 0 Å². The molecular weight excluding hydrogens is 347 g/mol. The van der Waals surface area contributed by atoms with Crippen LogP contribution in [0.2, 0.25) is 0 Å². The summed E-state index contributed by atoms with van der Waals surface area (Å²) in [6.07, 6.45) is 2.16. The summed E-state index contributed by atoms with van der Waals surface area (Å²) < 4.78 is 23.9. The van der Waals surface area contributed by atoms with Crippen molar-refractivity contribution in [2.45, 2.75) is 32.0 Å². The maximum atomic E-state index is 13.1. The summed E-state index contributed by atoms with van der Waals surface area (Å²) in [6.45, 7) is 3.72. The van der Waals surface area contributed by atoms with Gasteiger partial charge >= 0.3 is 0 Å². The molecular formula is C21H25FN2O3. The number of halogens is 1. The maximum absolute atomic E-state index is 13.1. The smallest absolute Gasteiger partial charge is 0.289 e. The number of amides is 1. The predicted molar refractivity (Wildman–Crippen MR) is 98.6 cm³/mol. The Balaban J connectivity index is 1.45. The van der Waals surface area contributed by atoms with Gasteiger partial charge < -0.3 is 14.1 Å². The van der Waals surface area contributed by atoms with E-state index in [1.54, 1.807) is 19.2 Å². The Kier molecular flexibility index (Phi) is 5.27. The van der Waals surface area contributed by atoms with Crippen LogP contribution in [0.15, 0.2) is 40.8 Å². The lowest BCUT2D eigenvalue weighted by molar-refractivity contribution is 0.0546. The molecule has 0 aliphatic carbocycles. The van der Waals surface area contributed by atoms with Crippen molar-refractivity contribution >= 4 is 5.91 Å². The highest BCUT2D eigenvalue weighted by Crippen LogP contribution is 2.30. The second kappa shape index (κ2) is 7.82. The van der Waals surface area contributed by atoms with Crippen molar-refractivity contribution in [1.29, 1.82) is 0 Å². The van der Waals surface area contributed by atoms with Crippen LogP contribution in [-0.4, -0.2) is 48.5 Å². The lowest BCUT2D eigenvalue weighted by Gasteiger charge is -2.35. The van der Waals surface area contributed by atoms with Crippen LogP contribution in [0.5, 0.6) is 0 Å². The van der Waals surface area contributed by atoms with Gasteiger partial charge in [-0.25, -0.2) is 4.39 Å². The molecule has 1 aromatic heterocycles. The lowest BCUT2D eigenvalue weighted by atomic mass is 9.95. The number of methoxy groups -OCH3 is 1. The number of rotatable bonds is 5. The molecule has 2 bridgehead atoms. The molecule has 2 atom stereocenters. The highest BCUT2D eigenvalue weighted by atomic mass is 19.1. The molecule has 2 aromatic rings. The van der Waals surface area contributed by atoms with Gasteiger partial charge in [-0.1, -0.05) is 12.1 Å². The molecule has 3 aliphatic heterocycles. The van der Waals surface area contributed by atoms with E-state index in [1.807, 2.05) is 17.0 Å². The Hall–Kier alpha value is -2.18. The predicted octanol–water partition coefficient (Wildman–Crippen LogP) is 3.30. The number of fused-ring (bicyclic) bond motifs is 4. The van der Waals surface area contributed by atoms with Gasteiger partial charge in [0.1, 0.15) is 18.2 Å². The van der Waals surface area contributed by atoms with Crippen molar-refractivity contribution in [2.24, 2.45) is 5.92 Å². The number of furan rings is 1. The number of benzene rings is 1. The highest BCUT2D eigenvalue weighted by molar-refractivity contribution is 5.92. The molecule has 3 fully saturated rings. The SMILES string of the molecule is COCc1ccc(C(=O)N2C[C@H]3CC[C@@H]2CN(Cc2ccc(F)cc2)C3)o1. The Labute approximate surface area is 158 Å². The summed E-state index contributed by atoms with van der Waals surface area (Å²) in [4.78, 5) is 17.4. The third kappa shape index (κ3) is 4.06. The molecule has 4 heterocycles. The Morgan fingerprint density at radius 2 is 1.96 bits per heavy atom. The Bertz CT molecular complexity index is 789. The first-order valence-electron chi connectivity index (χ1n) is 9.48. The second-order valence-electron chi connectivity index (χ2n) is 7.57. The Morgan fingerprint density at radius 1 is 1.15 bits per heavy atom. The van der Waals surface area contributed by atoms with Crippen molar-refractivity contribution in [3.63, 3.8) is 0 Å². The highest BCUT2D eigenvalue weighted by Gasteiger charge is 2.38. The average Bonchev–Trinajstić information content (AvgIpc) is 2.96. The van der Waals surface area contributed by atoms with Gasteiger partial charge in [-0.2, -0.15) is 0 Å². The summed E-state index contributed by atoms with van der Waals surface area (Å²) in [5.41, 5.74) is 1.10. The molecule has 3 aliphatic rings. The van der Waals surface area contributed by atoms with E-state index in [1.165, 1.54) is 12.1 Å². The fourth-order valence-corrected chi connectivity index (χ4v) is 4.26. The van der Waals surface area contributed by atoms with Gasteiger partial charge in [0.25, 0.3) is 5.91 Å². The molecule has 5 rings (SSSR count). The minimum absolute atomic E-state index is 0.0318. The molecule has 144 valence electrons. The van der Waals surface area contributed by atoms with Gasteiger partial charge in [0.15, 0.2) is 5.76 Å². The zero-order valence-electron chi connectivity index (χ0n) is 15.6. The first-order chi connectivity index (χ1) is 13.1. The van der Waals surface area contributed by atoms with Gasteiger partial charge in [-0.3, -0.25) is 9.69 Å². The molecule has 0 radical (unpaired) electrons. The van der Waals surface area contributed by atoms with E-state index >= 15 is 0 Å². The monoisotopic (exact) mass is 372 g/mol. The van der Waals surface area contributed by atoms with Gasteiger partial charge in [0.05, 0.1) is 0 Å². The van der Waals surface area contributed by atoms with Gasteiger partial charge in [0.2, 0.25) is 0 Å². The molecule has 0 unspecified atom stereocenters. The van der Waals surface area contributed by atoms with Crippen molar-refractivity contribution in [2.75, 3.05) is 26.7 Å². The van der Waals surface area contributed by atoms with Crippen LogP contribution in [0.1, 0.15) is 34.7 Å². The average molecular weight is 372 g/mol. The van der Waals surface area contributed by atoms with E-state index in [4.69, 9.17) is 9.15 Å². The quantitative estimate of drug-likeness (QED) is 0.808. The van der Waals surface area contributed by atoms with Crippen molar-refractivity contribution < 1.29 is 18.3 Å². The van der Waals surface area contributed by atoms with E-state index in [2.05, 4.69) is 4.90 Å². The number of carbonyl (C=O) groups is 1. The fraction of sp³-hybridized carbons (Fsp3) is 0.476. The second-order valence-corrected chi connectivity index (χ2v) is 7.57. The van der Waals surface area contributed by atoms with Crippen LogP contribution in [0, 0.1) is 11.7 Å². The van der Waals surface area contributed by atoms with Crippen molar-refractivity contribution in [3.8, 4) is 0 Å². The molecule has 0 spiro atoms. The summed E-state index contributed by atoms with van der Waals surface area (Å²) in [7, 11) is 1.60. The van der Waals surface area contributed by atoms with E-state index < -0.39 is 0 Å². The summed E-state index contributed by atoms with van der Waals surface area (Å²) in [6, 6.07) is 10.4. The third-order valence-corrected chi connectivity index (χ3v) is 5.53. The van der Waals surface area contributed by atoms with E-state index in [0.29, 0.717) is 24.0 Å². The van der Waals surface area contributed by atoms with Gasteiger partial charge in [-0.05, 0) is 48.6 Å². The summed E-state index contributed by atoms with van der Waals surface area (Å²) >= 11 is 0. The summed E-state index contributed by atoms with van der Waals surface area (Å²) in [5, 5.41) is 0. The molecule has 5 nitrogen and oxygen atoms in total. The minimum atomic E-state index is -0.210. The standard InChI is InChI=1S/C21H25FN2O3/c1-26-14-19-8-9-20(27-19)21(25)24-12-16-4-7-18(24)13-23(11-16)10-15-2-5-17(22)6-3-15/h2-3,5-6,8-9,16,18H,4,7,10-14H2,1H3/t16-,18+/m0/s1. The number of ether oxygens (including phenoxy) is 1. The number of hydrogen-bond donors (Lipinski definition) is 0. The largest absolute Gasteiger partial charge is 0.453 e. The molecule has 27 heavy (non-hydrogen) atoms. The van der Waals surface area contributed by atoms with Crippen LogP contribution in [0.3, 0.4) is 0 Å². The van der Waals surface area contributed by atoms with Crippen LogP contribution in [0.4, 0.5) is 4.39 Å². The third-order valence-electron chi connectivity index (χ3n) is 5.53. The molecule has 6 heteroatoms. The Morgan fingerprint density at radius 3 is 2.74 bits per heavy atom. The molecule has 0 N–H and O–H groups in total. The lowest BCUT2D eigenvalue weighted by Crippen LogP contribution is -2.47. The van der Waals surface area contributed by atoms with Crippen LogP contribution in [-0.2, 0) is 17.9 Å². The van der Waals surface area contributed by atoms with Gasteiger partial charge in [-0.15, -0.1) is 0 Å².